The van der Waals surface area contributed by atoms with E-state index in [0.29, 0.717) is 16.6 Å². The Kier molecular flexibility index (Phi) is 4.22. The molecule has 0 unspecified atom stereocenters. The van der Waals surface area contributed by atoms with Crippen molar-refractivity contribution in [3.63, 3.8) is 0 Å². The average Bonchev–Trinajstić information content (AvgIpc) is 3.08. The van der Waals surface area contributed by atoms with Crippen molar-refractivity contribution in [1.82, 2.24) is 13.7 Å². The Bertz CT molecular complexity index is 1400. The summed E-state index contributed by atoms with van der Waals surface area (Å²) < 4.78 is 4.60. The van der Waals surface area contributed by atoms with Crippen LogP contribution >= 0.6 is 0 Å². The Balaban J connectivity index is 2.27. The Morgan fingerprint density at radius 2 is 1.52 bits per heavy atom. The number of benzene rings is 2. The summed E-state index contributed by atoms with van der Waals surface area (Å²) in [6.45, 7) is 6.06. The molecule has 0 atom stereocenters. The van der Waals surface area contributed by atoms with Crippen LogP contribution in [-0.4, -0.2) is 13.7 Å². The van der Waals surface area contributed by atoms with Crippen LogP contribution in [0.5, 0.6) is 0 Å². The second kappa shape index (κ2) is 6.51. The highest BCUT2D eigenvalue weighted by molar-refractivity contribution is 5.96. The van der Waals surface area contributed by atoms with E-state index in [0.717, 1.165) is 38.2 Å². The summed E-state index contributed by atoms with van der Waals surface area (Å²) in [6, 6.07) is 11.9. The number of anilines is 1. The zero-order valence-electron chi connectivity index (χ0n) is 17.3. The minimum atomic E-state index is -0.357. The van der Waals surface area contributed by atoms with E-state index in [2.05, 4.69) is 0 Å². The maximum atomic E-state index is 13.2. The van der Waals surface area contributed by atoms with E-state index in [4.69, 9.17) is 5.73 Å². The molecule has 0 aliphatic carbocycles. The Morgan fingerprint density at radius 1 is 0.862 bits per heavy atom. The summed E-state index contributed by atoms with van der Waals surface area (Å²) in [6.07, 6.45) is 1.83. The third-order valence-electron chi connectivity index (χ3n) is 5.74. The lowest BCUT2D eigenvalue weighted by molar-refractivity contribution is 0.714. The third kappa shape index (κ3) is 2.71. The molecule has 0 fully saturated rings. The molecule has 0 saturated carbocycles. The van der Waals surface area contributed by atoms with E-state index < -0.39 is 0 Å². The number of nitrogen functional groups attached to an aromatic ring is 1. The van der Waals surface area contributed by atoms with Gasteiger partial charge in [-0.1, -0.05) is 24.3 Å². The fourth-order valence-electron chi connectivity index (χ4n) is 3.87. The summed E-state index contributed by atoms with van der Waals surface area (Å²) in [5.74, 6) is 0. The molecule has 0 aliphatic rings. The van der Waals surface area contributed by atoms with Crippen LogP contribution in [-0.2, 0) is 14.1 Å². The van der Waals surface area contributed by atoms with Gasteiger partial charge >= 0.3 is 5.69 Å². The molecule has 0 aliphatic heterocycles. The van der Waals surface area contributed by atoms with Gasteiger partial charge in [0.05, 0.1) is 28.0 Å². The van der Waals surface area contributed by atoms with Crippen LogP contribution in [0, 0.1) is 20.8 Å². The first-order valence-corrected chi connectivity index (χ1v) is 9.46. The van der Waals surface area contributed by atoms with Crippen molar-refractivity contribution in [3.8, 4) is 16.9 Å². The number of hydrogen-bond donors (Lipinski definition) is 1. The van der Waals surface area contributed by atoms with E-state index in [1.807, 2.05) is 67.9 Å². The monoisotopic (exact) mass is 388 g/mol. The fraction of sp³-hybridized carbons (Fsp3) is 0.217. The third-order valence-corrected chi connectivity index (χ3v) is 5.74. The largest absolute Gasteiger partial charge is 0.397 e. The standard InChI is InChI=1S/C23H24N4O2/c1-13-8-6-7-9-16(13)21-20-19(25(4)23(29)26(5)22(20)28)12-27(21)18-11-15(3)14(2)10-17(18)24/h6-12H,24H2,1-5H3. The van der Waals surface area contributed by atoms with E-state index >= 15 is 0 Å². The van der Waals surface area contributed by atoms with Crippen molar-refractivity contribution in [2.75, 3.05) is 5.73 Å². The van der Waals surface area contributed by atoms with E-state index in [9.17, 15) is 9.59 Å². The molecule has 0 bridgehead atoms. The fourth-order valence-corrected chi connectivity index (χ4v) is 3.87. The van der Waals surface area contributed by atoms with Gasteiger partial charge in [-0.3, -0.25) is 13.9 Å². The van der Waals surface area contributed by atoms with Crippen molar-refractivity contribution >= 4 is 16.6 Å². The predicted molar refractivity (Wildman–Crippen MR) is 118 cm³/mol. The summed E-state index contributed by atoms with van der Waals surface area (Å²) >= 11 is 0. The molecule has 4 aromatic rings. The lowest BCUT2D eigenvalue weighted by Gasteiger charge is -2.15. The lowest BCUT2D eigenvalue weighted by Crippen LogP contribution is -2.36. The molecule has 2 heterocycles. The second-order valence-electron chi connectivity index (χ2n) is 7.62. The number of nitrogens with zero attached hydrogens (tertiary/aromatic N) is 3. The van der Waals surface area contributed by atoms with Crippen LogP contribution in [0.2, 0.25) is 0 Å². The van der Waals surface area contributed by atoms with Gasteiger partial charge in [0.25, 0.3) is 5.56 Å². The maximum absolute atomic E-state index is 13.2. The number of aromatic nitrogens is 3. The highest BCUT2D eigenvalue weighted by Gasteiger charge is 2.22. The molecule has 2 aromatic carbocycles. The number of fused-ring (bicyclic) bond motifs is 1. The van der Waals surface area contributed by atoms with Gasteiger partial charge in [-0.25, -0.2) is 4.79 Å². The molecule has 0 radical (unpaired) electrons. The SMILES string of the molecule is Cc1cc(N)c(-n2cc3c(c2-c2ccccc2C)c(=O)n(C)c(=O)n3C)cc1C. The molecule has 0 amide bonds. The first-order valence-electron chi connectivity index (χ1n) is 9.46. The van der Waals surface area contributed by atoms with Gasteiger partial charge in [0.2, 0.25) is 0 Å². The van der Waals surface area contributed by atoms with Crippen molar-refractivity contribution < 1.29 is 0 Å². The minimum Gasteiger partial charge on any atom is -0.397 e. The molecule has 148 valence electrons. The molecule has 6 nitrogen and oxygen atoms in total. The van der Waals surface area contributed by atoms with E-state index in [1.165, 1.54) is 11.6 Å². The second-order valence-corrected chi connectivity index (χ2v) is 7.62. The van der Waals surface area contributed by atoms with E-state index in [1.54, 1.807) is 7.05 Å². The Morgan fingerprint density at radius 3 is 2.21 bits per heavy atom. The van der Waals surface area contributed by atoms with Gasteiger partial charge in [0.1, 0.15) is 0 Å². The number of nitrogens with two attached hydrogens (primary N) is 1. The topological polar surface area (TPSA) is 74.9 Å². The zero-order valence-corrected chi connectivity index (χ0v) is 17.3. The molecular formula is C23H24N4O2. The molecule has 29 heavy (non-hydrogen) atoms. The van der Waals surface area contributed by atoms with Crippen LogP contribution in [0.4, 0.5) is 5.69 Å². The van der Waals surface area contributed by atoms with Crippen LogP contribution in [0.25, 0.3) is 27.8 Å². The molecule has 0 saturated heterocycles. The van der Waals surface area contributed by atoms with Crippen molar-refractivity contribution in [1.29, 1.82) is 0 Å². The van der Waals surface area contributed by atoms with E-state index in [-0.39, 0.29) is 11.2 Å². The quantitative estimate of drug-likeness (QED) is 0.536. The zero-order chi connectivity index (χ0) is 21.0. The van der Waals surface area contributed by atoms with Gasteiger partial charge in [-0.15, -0.1) is 0 Å². The minimum absolute atomic E-state index is 0.317. The molecule has 2 N–H and O–H groups in total. The number of hydrogen-bond acceptors (Lipinski definition) is 3. The summed E-state index contributed by atoms with van der Waals surface area (Å²) in [5, 5.41) is 0.501. The lowest BCUT2D eigenvalue weighted by atomic mass is 10.0. The predicted octanol–water partition coefficient (Wildman–Crippen LogP) is 3.20. The summed E-state index contributed by atoms with van der Waals surface area (Å²) in [5.41, 5.74) is 12.6. The number of aryl methyl sites for hydroxylation is 4. The van der Waals surface area contributed by atoms with Gasteiger partial charge < -0.3 is 10.3 Å². The van der Waals surface area contributed by atoms with Gasteiger partial charge in [-0.05, 0) is 49.6 Å². The van der Waals surface area contributed by atoms with Crippen LogP contribution in [0.1, 0.15) is 16.7 Å². The maximum Gasteiger partial charge on any atom is 0.330 e. The summed E-state index contributed by atoms with van der Waals surface area (Å²) in [7, 11) is 3.19. The van der Waals surface area contributed by atoms with Gasteiger partial charge in [-0.2, -0.15) is 0 Å². The number of rotatable bonds is 2. The van der Waals surface area contributed by atoms with Gasteiger partial charge in [0.15, 0.2) is 0 Å². The van der Waals surface area contributed by atoms with Crippen molar-refractivity contribution in [3.05, 3.63) is 80.1 Å². The Hall–Kier alpha value is -3.54. The highest BCUT2D eigenvalue weighted by Crippen LogP contribution is 2.35. The Labute approximate surface area is 168 Å². The molecule has 0 spiro atoms. The average molecular weight is 388 g/mol. The smallest absolute Gasteiger partial charge is 0.330 e. The first kappa shape index (κ1) is 18.8. The molecule has 6 heteroatoms. The molecule has 2 aromatic heterocycles. The van der Waals surface area contributed by atoms with Crippen LogP contribution in [0.3, 0.4) is 0 Å². The highest BCUT2D eigenvalue weighted by atomic mass is 16.2. The van der Waals surface area contributed by atoms with Crippen molar-refractivity contribution in [2.45, 2.75) is 20.8 Å². The summed E-state index contributed by atoms with van der Waals surface area (Å²) in [4.78, 5) is 25.7. The first-order chi connectivity index (χ1) is 13.7. The van der Waals surface area contributed by atoms with Gasteiger partial charge in [0, 0.05) is 25.9 Å². The van der Waals surface area contributed by atoms with Crippen molar-refractivity contribution in [2.24, 2.45) is 14.1 Å². The molecule has 4 rings (SSSR count). The van der Waals surface area contributed by atoms with Crippen LogP contribution < -0.4 is 17.0 Å². The molecular weight excluding hydrogens is 364 g/mol. The normalized spacial score (nSPS) is 11.3. The van der Waals surface area contributed by atoms with Crippen LogP contribution in [0.15, 0.2) is 52.2 Å².